The van der Waals surface area contributed by atoms with Crippen LogP contribution in [0.1, 0.15) is 53.8 Å². The maximum Gasteiger partial charge on any atom is 0.282 e. The summed E-state index contributed by atoms with van der Waals surface area (Å²) in [6.45, 7) is 0.579. The Bertz CT molecular complexity index is 1240. The van der Waals surface area contributed by atoms with Crippen LogP contribution in [-0.4, -0.2) is 56.4 Å². The van der Waals surface area contributed by atoms with Gasteiger partial charge in [0.1, 0.15) is 21.5 Å². The van der Waals surface area contributed by atoms with Crippen LogP contribution in [0.5, 0.6) is 11.5 Å². The van der Waals surface area contributed by atoms with Crippen LogP contribution in [0, 0.1) is 0 Å². The van der Waals surface area contributed by atoms with Gasteiger partial charge in [0.05, 0.1) is 51.1 Å². The zero-order chi connectivity index (χ0) is 26.7. The number of nitrogens with zero attached hydrogens (tertiary/aromatic N) is 6. The molecule has 0 aromatic carbocycles. The Hall–Kier alpha value is -4.04. The smallest absolute Gasteiger partial charge is 0.282 e. The Morgan fingerprint density at radius 3 is 1.53 bits per heavy atom. The molecule has 4 rings (SSSR count). The molecule has 4 aromatic rings. The molecule has 0 aliphatic rings. The first-order valence-electron chi connectivity index (χ1n) is 11.7. The largest absolute Gasteiger partial charge is 0.495 e. The minimum absolute atomic E-state index is 0.284. The summed E-state index contributed by atoms with van der Waals surface area (Å²) in [4.78, 5) is 33.2. The molecule has 0 saturated carbocycles. The predicted octanol–water partition coefficient (Wildman–Crippen LogP) is 2.62. The van der Waals surface area contributed by atoms with E-state index in [1.54, 1.807) is 50.9 Å². The number of nitrogens with one attached hydrogen (secondary N) is 2. The van der Waals surface area contributed by atoms with Gasteiger partial charge in [-0.05, 0) is 37.1 Å². The van der Waals surface area contributed by atoms with Crippen molar-refractivity contribution in [1.82, 2.24) is 41.0 Å². The molecule has 2 amide bonds. The molecule has 2 N–H and O–H groups in total. The molecule has 0 aliphatic heterocycles. The Morgan fingerprint density at radius 1 is 0.711 bits per heavy atom. The molecule has 12 nitrogen and oxygen atoms in total. The molecule has 0 aliphatic carbocycles. The fraction of sp³-hybridized carbons (Fsp3) is 0.333. The molecule has 4 heterocycles. The van der Waals surface area contributed by atoms with E-state index in [0.29, 0.717) is 34.4 Å². The maximum atomic E-state index is 12.4. The lowest BCUT2D eigenvalue weighted by molar-refractivity contribution is 0.0941. The standard InChI is InChI=1S/C24H26N8O4S2/c1-35-17-9-7-15(25-13-17)11-27-21(33)23-31-29-19(37-23)5-3-4-6-20-30-32-24(38-20)22(34)28-12-16-8-10-18(36-2)14-26-16/h7-10,13-14H,3-6,11-12H2,1-2H3,(H,27,33)(H,28,34). The topological polar surface area (TPSA) is 154 Å². The normalized spacial score (nSPS) is 10.7. The molecule has 0 saturated heterocycles. The van der Waals surface area contributed by atoms with Gasteiger partial charge in [-0.25, -0.2) is 0 Å². The van der Waals surface area contributed by atoms with Crippen molar-refractivity contribution in [2.45, 2.75) is 38.8 Å². The number of methoxy groups -OCH3 is 2. The van der Waals surface area contributed by atoms with E-state index in [1.165, 1.54) is 22.7 Å². The minimum atomic E-state index is -0.284. The minimum Gasteiger partial charge on any atom is -0.495 e. The first-order valence-corrected chi connectivity index (χ1v) is 13.4. The van der Waals surface area contributed by atoms with Crippen LogP contribution in [0.15, 0.2) is 36.7 Å². The van der Waals surface area contributed by atoms with Crippen LogP contribution in [0.3, 0.4) is 0 Å². The highest BCUT2D eigenvalue weighted by atomic mass is 32.1. The third-order valence-corrected chi connectivity index (χ3v) is 7.24. The third-order valence-electron chi connectivity index (χ3n) is 5.28. The number of hydrogen-bond acceptors (Lipinski definition) is 12. The SMILES string of the molecule is COc1ccc(CNC(=O)c2nnc(CCCCc3nnc(C(=O)NCc4ccc(OC)cn4)s3)s2)nc1. The van der Waals surface area contributed by atoms with Crippen molar-refractivity contribution in [3.63, 3.8) is 0 Å². The molecular formula is C24H26N8O4S2. The molecule has 38 heavy (non-hydrogen) atoms. The molecular weight excluding hydrogens is 528 g/mol. The average Bonchev–Trinajstić information content (AvgIpc) is 3.63. The number of amides is 2. The highest BCUT2D eigenvalue weighted by molar-refractivity contribution is 7.13. The van der Waals surface area contributed by atoms with E-state index in [2.05, 4.69) is 41.0 Å². The number of aryl methyl sites for hydroxylation is 2. The van der Waals surface area contributed by atoms with Crippen LogP contribution in [0.4, 0.5) is 0 Å². The summed E-state index contributed by atoms with van der Waals surface area (Å²) >= 11 is 2.55. The van der Waals surface area contributed by atoms with Gasteiger partial charge in [0.15, 0.2) is 0 Å². The quantitative estimate of drug-likeness (QED) is 0.236. The van der Waals surface area contributed by atoms with Gasteiger partial charge in [-0.1, -0.05) is 22.7 Å². The predicted molar refractivity (Wildman–Crippen MR) is 140 cm³/mol. The second-order valence-electron chi connectivity index (χ2n) is 7.95. The summed E-state index contributed by atoms with van der Waals surface area (Å²) in [5, 5.41) is 24.1. The van der Waals surface area contributed by atoms with Crippen molar-refractivity contribution in [2.24, 2.45) is 0 Å². The fourth-order valence-corrected chi connectivity index (χ4v) is 4.81. The Balaban J connectivity index is 1.15. The first-order chi connectivity index (χ1) is 18.5. The number of unbranched alkanes of at least 4 members (excludes halogenated alkanes) is 1. The van der Waals surface area contributed by atoms with Crippen molar-refractivity contribution in [3.05, 3.63) is 68.1 Å². The van der Waals surface area contributed by atoms with Gasteiger partial charge in [0, 0.05) is 12.8 Å². The fourth-order valence-electron chi connectivity index (χ4n) is 3.21. The van der Waals surface area contributed by atoms with Crippen molar-refractivity contribution in [1.29, 1.82) is 0 Å². The van der Waals surface area contributed by atoms with Gasteiger partial charge >= 0.3 is 0 Å². The number of carbonyl (C=O) groups is 2. The molecule has 0 atom stereocenters. The Morgan fingerprint density at radius 2 is 1.16 bits per heavy atom. The second kappa shape index (κ2) is 13.5. The number of pyridine rings is 2. The molecule has 198 valence electrons. The van der Waals surface area contributed by atoms with Crippen LogP contribution in [0.25, 0.3) is 0 Å². The van der Waals surface area contributed by atoms with Crippen molar-refractivity contribution in [3.8, 4) is 11.5 Å². The van der Waals surface area contributed by atoms with Crippen LogP contribution < -0.4 is 20.1 Å². The van der Waals surface area contributed by atoms with Gasteiger partial charge in [-0.15, -0.1) is 20.4 Å². The Labute approximate surface area is 226 Å². The average molecular weight is 555 g/mol. The number of hydrogen-bond donors (Lipinski definition) is 2. The van der Waals surface area contributed by atoms with Gasteiger partial charge in [-0.3, -0.25) is 19.6 Å². The zero-order valence-corrected chi connectivity index (χ0v) is 22.5. The highest BCUT2D eigenvalue weighted by Crippen LogP contribution is 2.17. The van der Waals surface area contributed by atoms with Crippen molar-refractivity contribution >= 4 is 34.5 Å². The molecule has 0 unspecified atom stereocenters. The van der Waals surface area contributed by atoms with Gasteiger partial charge in [0.25, 0.3) is 11.8 Å². The number of carbonyl (C=O) groups excluding carboxylic acids is 2. The van der Waals surface area contributed by atoms with E-state index >= 15 is 0 Å². The highest BCUT2D eigenvalue weighted by Gasteiger charge is 2.15. The molecule has 4 aromatic heterocycles. The van der Waals surface area contributed by atoms with Crippen molar-refractivity contribution < 1.29 is 19.1 Å². The number of aromatic nitrogens is 6. The van der Waals surface area contributed by atoms with Crippen LogP contribution in [0.2, 0.25) is 0 Å². The summed E-state index contributed by atoms with van der Waals surface area (Å²) in [6, 6.07) is 7.16. The van der Waals surface area contributed by atoms with Gasteiger partial charge in [-0.2, -0.15) is 0 Å². The van der Waals surface area contributed by atoms with Gasteiger partial charge in [0.2, 0.25) is 10.0 Å². The lowest BCUT2D eigenvalue weighted by Crippen LogP contribution is -2.23. The zero-order valence-electron chi connectivity index (χ0n) is 20.8. The molecule has 0 fully saturated rings. The number of rotatable bonds is 13. The molecule has 0 spiro atoms. The maximum absolute atomic E-state index is 12.4. The van der Waals surface area contributed by atoms with Crippen LogP contribution in [-0.2, 0) is 25.9 Å². The van der Waals surface area contributed by atoms with E-state index in [9.17, 15) is 9.59 Å². The van der Waals surface area contributed by atoms with Gasteiger partial charge < -0.3 is 20.1 Å². The second-order valence-corrected chi connectivity index (χ2v) is 10.1. The third kappa shape index (κ3) is 7.73. The van der Waals surface area contributed by atoms with E-state index in [1.807, 2.05) is 0 Å². The summed E-state index contributed by atoms with van der Waals surface area (Å²) in [7, 11) is 3.15. The molecule has 14 heteroatoms. The summed E-state index contributed by atoms with van der Waals surface area (Å²) in [5.74, 6) is 0.747. The monoisotopic (exact) mass is 554 g/mol. The first kappa shape index (κ1) is 27.0. The lowest BCUT2D eigenvalue weighted by Gasteiger charge is -2.03. The summed E-state index contributed by atoms with van der Waals surface area (Å²) in [5.41, 5.74) is 1.44. The van der Waals surface area contributed by atoms with E-state index < -0.39 is 0 Å². The van der Waals surface area contributed by atoms with E-state index in [0.717, 1.165) is 34.2 Å². The van der Waals surface area contributed by atoms with Crippen LogP contribution >= 0.6 is 22.7 Å². The summed E-state index contributed by atoms with van der Waals surface area (Å²) < 4.78 is 10.2. The van der Waals surface area contributed by atoms with E-state index in [4.69, 9.17) is 9.47 Å². The molecule has 0 radical (unpaired) electrons. The Kier molecular flexibility index (Phi) is 9.59. The molecule has 0 bridgehead atoms. The summed E-state index contributed by atoms with van der Waals surface area (Å²) in [6.07, 6.45) is 6.29. The van der Waals surface area contributed by atoms with Crippen molar-refractivity contribution in [2.75, 3.05) is 14.2 Å². The lowest BCUT2D eigenvalue weighted by atomic mass is 10.2. The number of ether oxygens (including phenoxy) is 2. The van der Waals surface area contributed by atoms with E-state index in [-0.39, 0.29) is 24.9 Å².